The van der Waals surface area contributed by atoms with E-state index in [4.69, 9.17) is 9.72 Å². The maximum Gasteiger partial charge on any atom is 0.227 e. The number of amides is 1. The van der Waals surface area contributed by atoms with Crippen molar-refractivity contribution >= 4 is 22.4 Å². The minimum absolute atomic E-state index is 0.194. The van der Waals surface area contributed by atoms with Crippen molar-refractivity contribution in [2.24, 2.45) is 0 Å². The Bertz CT molecular complexity index is 793. The van der Waals surface area contributed by atoms with Gasteiger partial charge in [-0.15, -0.1) is 11.3 Å². The summed E-state index contributed by atoms with van der Waals surface area (Å²) < 4.78 is 5.18. The lowest BCUT2D eigenvalue weighted by molar-refractivity contribution is -0.130. The van der Waals surface area contributed by atoms with Gasteiger partial charge >= 0.3 is 0 Å². The predicted octanol–water partition coefficient (Wildman–Crippen LogP) is 3.03. The van der Waals surface area contributed by atoms with Crippen LogP contribution in [-0.4, -0.2) is 67.1 Å². The number of piperidine rings is 1. The summed E-state index contributed by atoms with van der Waals surface area (Å²) in [6.07, 6.45) is 4.43. The Labute approximate surface area is 177 Å². The summed E-state index contributed by atoms with van der Waals surface area (Å²) in [5.41, 5.74) is 2.21. The molecule has 29 heavy (non-hydrogen) atoms. The zero-order valence-corrected chi connectivity index (χ0v) is 18.0. The number of benzene rings is 1. The van der Waals surface area contributed by atoms with Gasteiger partial charge in [0.1, 0.15) is 5.75 Å². The normalized spacial score (nSPS) is 18.1. The van der Waals surface area contributed by atoms with Crippen molar-refractivity contribution in [1.82, 2.24) is 14.8 Å². The Morgan fingerprint density at radius 2 is 1.76 bits per heavy atom. The molecule has 2 aliphatic heterocycles. The molecule has 6 nitrogen and oxygen atoms in total. The molecule has 2 saturated heterocycles. The highest BCUT2D eigenvalue weighted by atomic mass is 32.1. The number of piperazine rings is 1. The van der Waals surface area contributed by atoms with Crippen LogP contribution in [0, 0.1) is 0 Å². The molecule has 156 valence electrons. The first-order chi connectivity index (χ1) is 14.2. The highest BCUT2D eigenvalue weighted by Crippen LogP contribution is 2.24. The second kappa shape index (κ2) is 9.59. The van der Waals surface area contributed by atoms with E-state index < -0.39 is 0 Å². The minimum Gasteiger partial charge on any atom is -0.497 e. The smallest absolute Gasteiger partial charge is 0.227 e. The molecule has 0 N–H and O–H groups in total. The standard InChI is InChI=1S/C22H30N4O2S/c1-28-20-7-5-18(6-8-20)15-21(27)25-11-13-26(14-12-25)22-23-19(17-29-22)16-24-9-3-2-4-10-24/h5-8,17H,2-4,9-16H2,1H3. The molecular formula is C22H30N4O2S. The first-order valence-corrected chi connectivity index (χ1v) is 11.4. The fourth-order valence-electron chi connectivity index (χ4n) is 4.04. The number of carbonyl (C=O) groups excluding carboxylic acids is 1. The highest BCUT2D eigenvalue weighted by Gasteiger charge is 2.23. The van der Waals surface area contributed by atoms with Crippen molar-refractivity contribution in [2.45, 2.75) is 32.2 Å². The number of thiazole rings is 1. The van der Waals surface area contributed by atoms with Gasteiger partial charge in [0.25, 0.3) is 0 Å². The van der Waals surface area contributed by atoms with E-state index in [1.165, 1.54) is 38.0 Å². The molecule has 0 radical (unpaired) electrons. The molecule has 4 rings (SSSR count). The number of aromatic nitrogens is 1. The van der Waals surface area contributed by atoms with Crippen molar-refractivity contribution in [3.63, 3.8) is 0 Å². The first kappa shape index (κ1) is 20.2. The summed E-state index contributed by atoms with van der Waals surface area (Å²) in [6, 6.07) is 7.74. The monoisotopic (exact) mass is 414 g/mol. The molecule has 3 heterocycles. The van der Waals surface area contributed by atoms with Crippen LogP contribution < -0.4 is 9.64 Å². The number of ether oxygens (including phenoxy) is 1. The summed E-state index contributed by atoms with van der Waals surface area (Å²) in [6.45, 7) is 6.59. The quantitative estimate of drug-likeness (QED) is 0.727. The van der Waals surface area contributed by atoms with Crippen molar-refractivity contribution in [2.75, 3.05) is 51.3 Å². The van der Waals surface area contributed by atoms with E-state index in [0.717, 1.165) is 49.2 Å². The fraction of sp³-hybridized carbons (Fsp3) is 0.545. The van der Waals surface area contributed by atoms with Crippen LogP contribution >= 0.6 is 11.3 Å². The van der Waals surface area contributed by atoms with Crippen LogP contribution in [0.3, 0.4) is 0 Å². The van der Waals surface area contributed by atoms with Crippen molar-refractivity contribution in [1.29, 1.82) is 0 Å². The predicted molar refractivity (Wildman–Crippen MR) is 117 cm³/mol. The van der Waals surface area contributed by atoms with Crippen molar-refractivity contribution < 1.29 is 9.53 Å². The van der Waals surface area contributed by atoms with E-state index in [1.807, 2.05) is 29.2 Å². The third-order valence-electron chi connectivity index (χ3n) is 5.79. The molecule has 0 atom stereocenters. The summed E-state index contributed by atoms with van der Waals surface area (Å²) in [5.74, 6) is 1.01. The third kappa shape index (κ3) is 5.28. The second-order valence-corrected chi connectivity index (χ2v) is 8.69. The van der Waals surface area contributed by atoms with Gasteiger partial charge in [-0.05, 0) is 43.6 Å². The number of carbonyl (C=O) groups is 1. The van der Waals surface area contributed by atoms with E-state index in [0.29, 0.717) is 6.42 Å². The lowest BCUT2D eigenvalue weighted by atomic mass is 10.1. The van der Waals surface area contributed by atoms with Crippen LogP contribution in [0.15, 0.2) is 29.6 Å². The van der Waals surface area contributed by atoms with E-state index in [2.05, 4.69) is 15.2 Å². The summed E-state index contributed by atoms with van der Waals surface area (Å²) in [4.78, 5) is 24.3. The van der Waals surface area contributed by atoms with Gasteiger partial charge < -0.3 is 14.5 Å². The van der Waals surface area contributed by atoms with Crippen LogP contribution in [-0.2, 0) is 17.8 Å². The molecule has 2 aromatic rings. The Morgan fingerprint density at radius 3 is 2.45 bits per heavy atom. The fourth-order valence-corrected chi connectivity index (χ4v) is 4.91. The van der Waals surface area contributed by atoms with Crippen molar-refractivity contribution in [3.8, 4) is 5.75 Å². The van der Waals surface area contributed by atoms with Crippen LogP contribution in [0.4, 0.5) is 5.13 Å². The van der Waals surface area contributed by atoms with Crippen LogP contribution in [0.1, 0.15) is 30.5 Å². The SMILES string of the molecule is COc1ccc(CC(=O)N2CCN(c3nc(CN4CCCCC4)cs3)CC2)cc1. The largest absolute Gasteiger partial charge is 0.497 e. The molecule has 2 fully saturated rings. The Morgan fingerprint density at radius 1 is 1.03 bits per heavy atom. The zero-order valence-electron chi connectivity index (χ0n) is 17.2. The molecule has 1 amide bonds. The molecule has 1 aromatic heterocycles. The van der Waals surface area contributed by atoms with Gasteiger partial charge in [-0.25, -0.2) is 4.98 Å². The second-order valence-electron chi connectivity index (χ2n) is 7.85. The van der Waals surface area contributed by atoms with Crippen LogP contribution in [0.25, 0.3) is 0 Å². The zero-order chi connectivity index (χ0) is 20.1. The minimum atomic E-state index is 0.194. The molecule has 2 aliphatic rings. The van der Waals surface area contributed by atoms with E-state index in [1.54, 1.807) is 18.4 Å². The molecule has 0 saturated carbocycles. The molecule has 0 unspecified atom stereocenters. The van der Waals surface area contributed by atoms with E-state index in [9.17, 15) is 4.79 Å². The van der Waals surface area contributed by atoms with Crippen LogP contribution in [0.5, 0.6) is 5.75 Å². The first-order valence-electron chi connectivity index (χ1n) is 10.5. The van der Waals surface area contributed by atoms with Gasteiger partial charge in [-0.1, -0.05) is 18.6 Å². The highest BCUT2D eigenvalue weighted by molar-refractivity contribution is 7.13. The number of hydrogen-bond donors (Lipinski definition) is 0. The number of rotatable bonds is 6. The Hall–Kier alpha value is -2.12. The average Bonchev–Trinajstić information content (AvgIpc) is 3.23. The van der Waals surface area contributed by atoms with E-state index in [-0.39, 0.29) is 5.91 Å². The van der Waals surface area contributed by atoms with Gasteiger partial charge in [0.2, 0.25) is 5.91 Å². The maximum absolute atomic E-state index is 12.6. The summed E-state index contributed by atoms with van der Waals surface area (Å²) in [5, 5.41) is 3.30. The molecule has 0 bridgehead atoms. The molecule has 1 aromatic carbocycles. The van der Waals surface area contributed by atoms with Crippen molar-refractivity contribution in [3.05, 3.63) is 40.9 Å². The molecule has 0 aliphatic carbocycles. The van der Waals surface area contributed by atoms with Crippen LogP contribution in [0.2, 0.25) is 0 Å². The van der Waals surface area contributed by atoms with Gasteiger partial charge in [-0.2, -0.15) is 0 Å². The van der Waals surface area contributed by atoms with Gasteiger partial charge in [0, 0.05) is 38.1 Å². The Balaban J connectivity index is 1.26. The third-order valence-corrected chi connectivity index (χ3v) is 6.74. The van der Waals surface area contributed by atoms with Gasteiger partial charge in [0.05, 0.1) is 19.2 Å². The lowest BCUT2D eigenvalue weighted by Crippen LogP contribution is -2.49. The van der Waals surface area contributed by atoms with E-state index >= 15 is 0 Å². The number of anilines is 1. The number of hydrogen-bond acceptors (Lipinski definition) is 6. The molecule has 7 heteroatoms. The maximum atomic E-state index is 12.6. The van der Waals surface area contributed by atoms with Gasteiger partial charge in [0.15, 0.2) is 5.13 Å². The Kier molecular flexibility index (Phi) is 6.67. The number of methoxy groups -OCH3 is 1. The average molecular weight is 415 g/mol. The number of nitrogens with zero attached hydrogens (tertiary/aromatic N) is 4. The van der Waals surface area contributed by atoms with Gasteiger partial charge in [-0.3, -0.25) is 9.69 Å². The number of likely N-dealkylation sites (tertiary alicyclic amines) is 1. The summed E-state index contributed by atoms with van der Waals surface area (Å²) >= 11 is 1.73. The molecule has 0 spiro atoms. The lowest BCUT2D eigenvalue weighted by Gasteiger charge is -2.34. The topological polar surface area (TPSA) is 48.9 Å². The summed E-state index contributed by atoms with van der Waals surface area (Å²) in [7, 11) is 1.65. The molecular weight excluding hydrogens is 384 g/mol.